The maximum atomic E-state index is 13.4. The van der Waals surface area contributed by atoms with Crippen molar-refractivity contribution in [2.45, 2.75) is 52.7 Å². The Labute approximate surface area is 194 Å². The van der Waals surface area contributed by atoms with E-state index in [9.17, 15) is 9.18 Å². The molecule has 1 aromatic heterocycles. The fraction of sp³-hybridized carbons (Fsp3) is 0.276. The van der Waals surface area contributed by atoms with Crippen molar-refractivity contribution in [3.05, 3.63) is 117 Å². The number of benzene rings is 3. The second-order valence-electron chi connectivity index (χ2n) is 9.88. The summed E-state index contributed by atoms with van der Waals surface area (Å²) in [5.74, 6) is -0.246. The number of aryl methyl sites for hydroxylation is 1. The van der Waals surface area contributed by atoms with E-state index in [0.29, 0.717) is 19.6 Å². The highest BCUT2D eigenvalue weighted by molar-refractivity contribution is 5.81. The Morgan fingerprint density at radius 1 is 0.848 bits per heavy atom. The lowest BCUT2D eigenvalue weighted by Gasteiger charge is -2.24. The van der Waals surface area contributed by atoms with Crippen molar-refractivity contribution in [2.24, 2.45) is 0 Å². The highest BCUT2D eigenvalue weighted by Crippen LogP contribution is 2.23. The van der Waals surface area contributed by atoms with Gasteiger partial charge in [-0.3, -0.25) is 9.69 Å². The van der Waals surface area contributed by atoms with Crippen LogP contribution in [0.2, 0.25) is 0 Å². The predicted octanol–water partition coefficient (Wildman–Crippen LogP) is 6.48. The number of pyridine rings is 1. The summed E-state index contributed by atoms with van der Waals surface area (Å²) in [5, 5.41) is 1.03. The monoisotopic (exact) mass is 442 g/mol. The first-order chi connectivity index (χ1) is 15.7. The average Bonchev–Trinajstić information content (AvgIpc) is 2.76. The predicted molar refractivity (Wildman–Crippen MR) is 134 cm³/mol. The molecule has 0 aliphatic rings. The molecule has 0 aliphatic carbocycles. The van der Waals surface area contributed by atoms with E-state index < -0.39 is 0 Å². The van der Waals surface area contributed by atoms with E-state index in [1.54, 1.807) is 12.1 Å². The summed E-state index contributed by atoms with van der Waals surface area (Å²) >= 11 is 0. The van der Waals surface area contributed by atoms with Crippen LogP contribution in [0.3, 0.4) is 0 Å². The zero-order valence-electron chi connectivity index (χ0n) is 19.8. The van der Waals surface area contributed by atoms with Crippen molar-refractivity contribution in [1.29, 1.82) is 0 Å². The largest absolute Gasteiger partial charge is 0.321 e. The van der Waals surface area contributed by atoms with Crippen LogP contribution in [-0.4, -0.2) is 9.88 Å². The van der Waals surface area contributed by atoms with E-state index >= 15 is 0 Å². The van der Waals surface area contributed by atoms with Gasteiger partial charge in [0.25, 0.3) is 5.56 Å². The number of aromatic amines is 1. The van der Waals surface area contributed by atoms with Gasteiger partial charge in [0.15, 0.2) is 0 Å². The molecule has 33 heavy (non-hydrogen) atoms. The van der Waals surface area contributed by atoms with Gasteiger partial charge in [0.1, 0.15) is 5.82 Å². The zero-order valence-corrected chi connectivity index (χ0v) is 19.8. The van der Waals surface area contributed by atoms with Crippen molar-refractivity contribution in [1.82, 2.24) is 9.88 Å². The summed E-state index contributed by atoms with van der Waals surface area (Å²) in [5.41, 5.74) is 6.17. The summed E-state index contributed by atoms with van der Waals surface area (Å²) in [6.45, 7) is 10.4. The van der Waals surface area contributed by atoms with Crippen molar-refractivity contribution in [2.75, 3.05) is 0 Å². The number of halogens is 1. The number of aromatic nitrogens is 1. The molecule has 1 N–H and O–H groups in total. The lowest BCUT2D eigenvalue weighted by molar-refractivity contribution is 0.246. The number of hydrogen-bond acceptors (Lipinski definition) is 2. The van der Waals surface area contributed by atoms with Crippen molar-refractivity contribution >= 4 is 10.9 Å². The van der Waals surface area contributed by atoms with E-state index in [1.165, 1.54) is 23.3 Å². The molecule has 4 aromatic rings. The van der Waals surface area contributed by atoms with Crippen molar-refractivity contribution in [3.63, 3.8) is 0 Å². The third kappa shape index (κ3) is 5.58. The van der Waals surface area contributed by atoms with Gasteiger partial charge in [-0.1, -0.05) is 75.4 Å². The second-order valence-corrected chi connectivity index (χ2v) is 9.88. The van der Waals surface area contributed by atoms with Crippen molar-refractivity contribution < 1.29 is 4.39 Å². The highest BCUT2D eigenvalue weighted by atomic mass is 19.1. The molecule has 3 nitrogen and oxygen atoms in total. The van der Waals surface area contributed by atoms with Crippen LogP contribution in [-0.2, 0) is 25.0 Å². The highest BCUT2D eigenvalue weighted by Gasteiger charge is 2.15. The Bertz CT molecular complexity index is 1300. The van der Waals surface area contributed by atoms with Gasteiger partial charge in [-0.15, -0.1) is 0 Å². The Balaban J connectivity index is 1.64. The Morgan fingerprint density at radius 3 is 2.06 bits per heavy atom. The first-order valence-electron chi connectivity index (χ1n) is 11.4. The lowest BCUT2D eigenvalue weighted by Crippen LogP contribution is -2.26. The molecule has 3 aromatic carbocycles. The third-order valence-corrected chi connectivity index (χ3v) is 6.10. The number of nitrogens with zero attached hydrogens (tertiary/aromatic N) is 1. The van der Waals surface area contributed by atoms with Crippen LogP contribution in [0.1, 0.15) is 48.6 Å². The molecule has 1 heterocycles. The topological polar surface area (TPSA) is 36.1 Å². The van der Waals surface area contributed by atoms with Gasteiger partial charge in [0.2, 0.25) is 0 Å². The fourth-order valence-electron chi connectivity index (χ4n) is 4.17. The number of para-hydroxylation sites is 1. The second kappa shape index (κ2) is 9.32. The Kier molecular flexibility index (Phi) is 6.48. The van der Waals surface area contributed by atoms with Crippen LogP contribution >= 0.6 is 0 Å². The summed E-state index contributed by atoms with van der Waals surface area (Å²) in [6.07, 6.45) is 0. The van der Waals surface area contributed by atoms with Gasteiger partial charge >= 0.3 is 0 Å². The number of H-pyrrole nitrogens is 1. The quantitative estimate of drug-likeness (QED) is 0.371. The molecule has 0 radical (unpaired) electrons. The van der Waals surface area contributed by atoms with Crippen LogP contribution in [0.5, 0.6) is 0 Å². The number of nitrogens with one attached hydrogen (secondary N) is 1. The van der Waals surface area contributed by atoms with E-state index in [4.69, 9.17) is 0 Å². The molecule has 0 amide bonds. The average molecular weight is 443 g/mol. The smallest absolute Gasteiger partial charge is 0.252 e. The van der Waals surface area contributed by atoms with E-state index in [-0.39, 0.29) is 16.8 Å². The maximum Gasteiger partial charge on any atom is 0.252 e. The lowest BCUT2D eigenvalue weighted by atomic mass is 9.87. The number of hydrogen-bond donors (Lipinski definition) is 1. The molecule has 4 heteroatoms. The van der Waals surface area contributed by atoms with Crippen LogP contribution < -0.4 is 5.56 Å². The van der Waals surface area contributed by atoms with Crippen molar-refractivity contribution in [3.8, 4) is 0 Å². The minimum Gasteiger partial charge on any atom is -0.321 e. The fourth-order valence-corrected chi connectivity index (χ4v) is 4.17. The van der Waals surface area contributed by atoms with Gasteiger partial charge in [-0.05, 0) is 58.2 Å². The van der Waals surface area contributed by atoms with Gasteiger partial charge < -0.3 is 4.98 Å². The molecule has 0 atom stereocenters. The summed E-state index contributed by atoms with van der Waals surface area (Å²) in [4.78, 5) is 18.2. The van der Waals surface area contributed by atoms with E-state index in [0.717, 1.165) is 27.6 Å². The first-order valence-corrected chi connectivity index (χ1v) is 11.4. The molecule has 0 unspecified atom stereocenters. The van der Waals surface area contributed by atoms with Gasteiger partial charge in [-0.2, -0.15) is 0 Å². The molecule has 4 rings (SSSR count). The normalized spacial score (nSPS) is 11.9. The van der Waals surface area contributed by atoms with E-state index in [1.807, 2.05) is 31.2 Å². The minimum atomic E-state index is -0.246. The van der Waals surface area contributed by atoms with Crippen LogP contribution in [0, 0.1) is 12.7 Å². The SMILES string of the molecule is Cc1cccc2cc(CN(Cc3ccc(F)cc3)Cc3ccc(C(C)(C)C)cc3)c(=O)[nH]c12. The van der Waals surface area contributed by atoms with Crippen LogP contribution in [0.25, 0.3) is 10.9 Å². The molecular formula is C29H31FN2O. The molecule has 0 saturated heterocycles. The Morgan fingerprint density at radius 2 is 1.45 bits per heavy atom. The molecule has 0 saturated carbocycles. The van der Waals surface area contributed by atoms with Gasteiger partial charge in [0.05, 0.1) is 5.52 Å². The standard InChI is InChI=1S/C29H31FN2O/c1-20-6-5-7-23-16-24(28(33)31-27(20)23)19-32(18-22-10-14-26(30)15-11-22)17-21-8-12-25(13-9-21)29(2,3)4/h5-16H,17-19H2,1-4H3,(H,31,33). The molecule has 0 fully saturated rings. The molecule has 0 bridgehead atoms. The van der Waals surface area contributed by atoms with Crippen LogP contribution in [0.15, 0.2) is 77.6 Å². The number of fused-ring (bicyclic) bond motifs is 1. The number of rotatable bonds is 6. The molecule has 0 spiro atoms. The maximum absolute atomic E-state index is 13.4. The Hall–Kier alpha value is -3.24. The molecule has 170 valence electrons. The third-order valence-electron chi connectivity index (χ3n) is 6.10. The zero-order chi connectivity index (χ0) is 23.6. The minimum absolute atomic E-state index is 0.0658. The van der Waals surface area contributed by atoms with Gasteiger partial charge in [-0.25, -0.2) is 4.39 Å². The van der Waals surface area contributed by atoms with E-state index in [2.05, 4.69) is 54.9 Å². The van der Waals surface area contributed by atoms with Gasteiger partial charge in [0, 0.05) is 25.2 Å². The molecule has 0 aliphatic heterocycles. The van der Waals surface area contributed by atoms with Crippen LogP contribution in [0.4, 0.5) is 4.39 Å². The summed E-state index contributed by atoms with van der Waals surface area (Å²) in [7, 11) is 0. The molecular weight excluding hydrogens is 411 g/mol. The first kappa shape index (κ1) is 22.9. The summed E-state index contributed by atoms with van der Waals surface area (Å²) < 4.78 is 13.4. The summed E-state index contributed by atoms with van der Waals surface area (Å²) in [6, 6.07) is 23.3.